The first kappa shape index (κ1) is 15.1. The molecule has 2 heterocycles. The molecule has 0 aliphatic carbocycles. The van der Waals surface area contributed by atoms with Gasteiger partial charge in [-0.15, -0.1) is 12.4 Å². The number of carbonyl (C=O) groups excluding carboxylic acids is 1. The molecule has 1 saturated heterocycles. The molecule has 18 heavy (non-hydrogen) atoms. The fourth-order valence-electron chi connectivity index (χ4n) is 2.53. The summed E-state index contributed by atoms with van der Waals surface area (Å²) in [5.74, 6) is 0.165. The van der Waals surface area contributed by atoms with Crippen molar-refractivity contribution in [2.75, 3.05) is 20.1 Å². The molecule has 1 atom stereocenters. The number of aromatic nitrogens is 1. The first-order valence-corrected chi connectivity index (χ1v) is 6.23. The highest BCUT2D eigenvalue weighted by molar-refractivity contribution is 5.93. The van der Waals surface area contributed by atoms with Crippen molar-refractivity contribution in [3.05, 3.63) is 23.5 Å². The second kappa shape index (κ2) is 6.25. The Morgan fingerprint density at radius 1 is 1.50 bits per heavy atom. The molecule has 0 saturated carbocycles. The molecule has 1 aliphatic rings. The first-order valence-electron chi connectivity index (χ1n) is 6.23. The Morgan fingerprint density at radius 2 is 2.22 bits per heavy atom. The van der Waals surface area contributed by atoms with Crippen LogP contribution in [0.5, 0.6) is 0 Å². The summed E-state index contributed by atoms with van der Waals surface area (Å²) in [6.45, 7) is 3.79. The molecule has 1 aliphatic heterocycles. The van der Waals surface area contributed by atoms with Gasteiger partial charge in [0.25, 0.3) is 5.91 Å². The molecule has 2 rings (SSSR count). The molecular weight excluding hydrogens is 250 g/mol. The summed E-state index contributed by atoms with van der Waals surface area (Å²) >= 11 is 0. The number of likely N-dealkylation sites (tertiary alicyclic amines) is 1. The van der Waals surface area contributed by atoms with E-state index < -0.39 is 0 Å². The molecule has 0 spiro atoms. The summed E-state index contributed by atoms with van der Waals surface area (Å²) in [5, 5.41) is 3.17. The van der Waals surface area contributed by atoms with Gasteiger partial charge in [0.15, 0.2) is 0 Å². The maximum atomic E-state index is 12.4. The van der Waals surface area contributed by atoms with Crippen LogP contribution in [0.1, 0.15) is 29.0 Å². The van der Waals surface area contributed by atoms with Gasteiger partial charge in [-0.25, -0.2) is 0 Å². The number of hydrogen-bond acceptors (Lipinski definition) is 2. The minimum absolute atomic E-state index is 0. The van der Waals surface area contributed by atoms with Crippen molar-refractivity contribution in [3.8, 4) is 0 Å². The lowest BCUT2D eigenvalue weighted by Gasteiger charge is -2.24. The van der Waals surface area contributed by atoms with Gasteiger partial charge in [-0.05, 0) is 38.9 Å². The van der Waals surface area contributed by atoms with Crippen molar-refractivity contribution in [3.63, 3.8) is 0 Å². The van der Waals surface area contributed by atoms with E-state index in [1.54, 1.807) is 0 Å². The van der Waals surface area contributed by atoms with Gasteiger partial charge in [0.2, 0.25) is 0 Å². The topological polar surface area (TPSA) is 37.3 Å². The summed E-state index contributed by atoms with van der Waals surface area (Å²) in [5.41, 5.74) is 1.92. The fraction of sp³-hybridized carbons (Fsp3) is 0.615. The molecule has 1 unspecified atom stereocenters. The highest BCUT2D eigenvalue weighted by Crippen LogP contribution is 2.20. The van der Waals surface area contributed by atoms with Crippen LogP contribution in [0.2, 0.25) is 0 Å². The summed E-state index contributed by atoms with van der Waals surface area (Å²) in [7, 11) is 3.89. The zero-order chi connectivity index (χ0) is 12.4. The maximum absolute atomic E-state index is 12.4. The van der Waals surface area contributed by atoms with Gasteiger partial charge >= 0.3 is 0 Å². The largest absolute Gasteiger partial charge is 0.344 e. The van der Waals surface area contributed by atoms with Crippen LogP contribution in [0.4, 0.5) is 0 Å². The average Bonchev–Trinajstić information content (AvgIpc) is 2.88. The summed E-state index contributed by atoms with van der Waals surface area (Å²) < 4.78 is 1.97. The van der Waals surface area contributed by atoms with Crippen molar-refractivity contribution in [2.24, 2.45) is 7.05 Å². The Hall–Kier alpha value is -1.00. The Morgan fingerprint density at radius 3 is 2.78 bits per heavy atom. The predicted molar refractivity (Wildman–Crippen MR) is 75.4 cm³/mol. The second-order valence-electron chi connectivity index (χ2n) is 4.77. The highest BCUT2D eigenvalue weighted by atomic mass is 35.5. The quantitative estimate of drug-likeness (QED) is 0.906. The number of carbonyl (C=O) groups is 1. The van der Waals surface area contributed by atoms with E-state index in [0.717, 1.165) is 37.3 Å². The van der Waals surface area contributed by atoms with Crippen LogP contribution in [0, 0.1) is 6.92 Å². The summed E-state index contributed by atoms with van der Waals surface area (Å²) in [4.78, 5) is 14.4. The predicted octanol–water partition coefficient (Wildman–Crippen LogP) is 1.58. The molecule has 4 nitrogen and oxygen atoms in total. The van der Waals surface area contributed by atoms with Crippen LogP contribution in [0.3, 0.4) is 0 Å². The van der Waals surface area contributed by atoms with Crippen molar-refractivity contribution < 1.29 is 4.79 Å². The third-order valence-electron chi connectivity index (χ3n) is 3.67. The van der Waals surface area contributed by atoms with Crippen molar-refractivity contribution in [2.45, 2.75) is 25.8 Å². The van der Waals surface area contributed by atoms with E-state index in [2.05, 4.69) is 5.32 Å². The fourth-order valence-corrected chi connectivity index (χ4v) is 2.53. The van der Waals surface area contributed by atoms with Gasteiger partial charge < -0.3 is 14.8 Å². The van der Waals surface area contributed by atoms with Gasteiger partial charge in [-0.1, -0.05) is 0 Å². The summed E-state index contributed by atoms with van der Waals surface area (Å²) in [6, 6.07) is 4.27. The van der Waals surface area contributed by atoms with E-state index >= 15 is 0 Å². The van der Waals surface area contributed by atoms with Crippen LogP contribution in [-0.4, -0.2) is 41.6 Å². The smallest absolute Gasteiger partial charge is 0.270 e. The number of nitrogens with zero attached hydrogens (tertiary/aromatic N) is 2. The van der Waals surface area contributed by atoms with Gasteiger partial charge in [-0.3, -0.25) is 4.79 Å². The maximum Gasteiger partial charge on any atom is 0.270 e. The van der Waals surface area contributed by atoms with E-state index in [4.69, 9.17) is 0 Å². The summed E-state index contributed by atoms with van der Waals surface area (Å²) in [6.07, 6.45) is 2.22. The number of hydrogen-bond donors (Lipinski definition) is 1. The molecule has 1 aromatic rings. The van der Waals surface area contributed by atoms with Crippen molar-refractivity contribution >= 4 is 18.3 Å². The van der Waals surface area contributed by atoms with Crippen molar-refractivity contribution in [1.29, 1.82) is 0 Å². The lowest BCUT2D eigenvalue weighted by molar-refractivity contribution is 0.0727. The molecule has 1 fully saturated rings. The van der Waals surface area contributed by atoms with E-state index in [0.29, 0.717) is 6.04 Å². The van der Waals surface area contributed by atoms with Crippen LogP contribution in [0.25, 0.3) is 0 Å². The lowest BCUT2D eigenvalue weighted by Crippen LogP contribution is -2.41. The molecule has 0 aromatic carbocycles. The lowest BCUT2D eigenvalue weighted by atomic mass is 10.2. The standard InChI is InChI=1S/C13H21N3O.ClH/c1-10-6-7-12(15(10)3)13(17)16-8-4-5-11(16)9-14-2;/h6-7,11,14H,4-5,8-9H2,1-3H3;1H. The molecule has 102 valence electrons. The Bertz CT molecular complexity index is 416. The molecule has 1 amide bonds. The number of amides is 1. The number of rotatable bonds is 3. The number of likely N-dealkylation sites (N-methyl/N-ethyl adjacent to an activating group) is 1. The van der Waals surface area contributed by atoms with Gasteiger partial charge in [0, 0.05) is 31.9 Å². The van der Waals surface area contributed by atoms with Crippen molar-refractivity contribution in [1.82, 2.24) is 14.8 Å². The molecule has 0 bridgehead atoms. The van der Waals surface area contributed by atoms with Crippen LogP contribution in [0.15, 0.2) is 12.1 Å². The zero-order valence-corrected chi connectivity index (χ0v) is 12.1. The molecule has 1 aromatic heterocycles. The zero-order valence-electron chi connectivity index (χ0n) is 11.3. The van der Waals surface area contributed by atoms with Crippen LogP contribution in [-0.2, 0) is 7.05 Å². The van der Waals surface area contributed by atoms with E-state index in [-0.39, 0.29) is 18.3 Å². The number of aryl methyl sites for hydroxylation is 1. The van der Waals surface area contributed by atoms with Crippen LogP contribution < -0.4 is 5.32 Å². The monoisotopic (exact) mass is 271 g/mol. The van der Waals surface area contributed by atoms with Crippen LogP contribution >= 0.6 is 12.4 Å². The third kappa shape index (κ3) is 2.70. The van der Waals surface area contributed by atoms with Gasteiger partial charge in [0.1, 0.15) is 5.69 Å². The second-order valence-corrected chi connectivity index (χ2v) is 4.77. The minimum atomic E-state index is 0. The molecule has 1 N–H and O–H groups in total. The Labute approximate surface area is 115 Å². The normalized spacial score (nSPS) is 18.8. The van der Waals surface area contributed by atoms with E-state index in [1.807, 2.05) is 42.6 Å². The Balaban J connectivity index is 0.00000162. The number of halogens is 1. The number of nitrogens with one attached hydrogen (secondary N) is 1. The molecule has 5 heteroatoms. The van der Waals surface area contributed by atoms with Gasteiger partial charge in [-0.2, -0.15) is 0 Å². The van der Waals surface area contributed by atoms with E-state index in [1.165, 1.54) is 0 Å². The molecule has 0 radical (unpaired) electrons. The highest BCUT2D eigenvalue weighted by Gasteiger charge is 2.29. The van der Waals surface area contributed by atoms with Gasteiger partial charge in [0.05, 0.1) is 0 Å². The SMILES string of the molecule is CNCC1CCCN1C(=O)c1ccc(C)n1C.Cl. The minimum Gasteiger partial charge on any atom is -0.344 e. The van der Waals surface area contributed by atoms with E-state index in [9.17, 15) is 4.79 Å². The molecular formula is C13H22ClN3O. The average molecular weight is 272 g/mol. The third-order valence-corrected chi connectivity index (χ3v) is 3.67. The first-order chi connectivity index (χ1) is 8.15. The Kier molecular flexibility index (Phi) is 5.23.